The lowest BCUT2D eigenvalue weighted by Gasteiger charge is -2.06. The molecule has 56 valence electrons. The number of rotatable bonds is 2. The third-order valence-electron chi connectivity index (χ3n) is 0.231. The molecule has 0 saturated carbocycles. The van der Waals surface area contributed by atoms with Gasteiger partial charge in [0.2, 0.25) is 0 Å². The van der Waals surface area contributed by atoms with Crippen molar-refractivity contribution in [3.63, 3.8) is 0 Å². The summed E-state index contributed by atoms with van der Waals surface area (Å²) in [5, 5.41) is 0. The van der Waals surface area contributed by atoms with E-state index in [1.165, 1.54) is 0 Å². The quantitative estimate of drug-likeness (QED) is 0.393. The lowest BCUT2D eigenvalue weighted by molar-refractivity contribution is 0.336. The first-order chi connectivity index (χ1) is 3.71. The van der Waals surface area contributed by atoms with E-state index in [1.54, 1.807) is 0 Å². The molecular formula is Cl2F4OSi2. The van der Waals surface area contributed by atoms with Crippen LogP contribution in [0, 0.1) is 0 Å². The molecule has 0 N–H and O–H groups in total. The molecule has 0 aromatic rings. The van der Waals surface area contributed by atoms with E-state index in [4.69, 9.17) is 0 Å². The number of hydrogen-bond donors (Lipinski definition) is 0. The maximum Gasteiger partial charge on any atom is 0.685 e. The minimum Gasteiger partial charge on any atom is -0.335 e. The molecule has 0 amide bonds. The highest BCUT2D eigenvalue weighted by Crippen LogP contribution is 2.24. The third-order valence-corrected chi connectivity index (χ3v) is 3.47. The summed E-state index contributed by atoms with van der Waals surface area (Å²) in [7, 11) is -11.3. The Balaban J connectivity index is 3.75. The Bertz CT molecular complexity index is 81.7. The Labute approximate surface area is 59.9 Å². The van der Waals surface area contributed by atoms with Gasteiger partial charge < -0.3 is 4.12 Å². The molecule has 0 bridgehead atoms. The van der Waals surface area contributed by atoms with Gasteiger partial charge in [-0.1, -0.05) is 22.2 Å². The third kappa shape index (κ3) is 8.69. The minimum atomic E-state index is -5.64. The molecule has 9 heteroatoms. The van der Waals surface area contributed by atoms with Gasteiger partial charge in [0.25, 0.3) is 0 Å². The van der Waals surface area contributed by atoms with Crippen molar-refractivity contribution in [2.45, 2.75) is 0 Å². The van der Waals surface area contributed by atoms with Gasteiger partial charge in [0.1, 0.15) is 0 Å². The molecule has 0 rings (SSSR count). The molecule has 0 fully saturated rings. The van der Waals surface area contributed by atoms with E-state index in [0.29, 0.717) is 0 Å². The van der Waals surface area contributed by atoms with Crippen molar-refractivity contribution in [2.75, 3.05) is 0 Å². The average Bonchev–Trinajstić information content (AvgIpc) is 1.14. The van der Waals surface area contributed by atoms with Gasteiger partial charge in [0, 0.05) is 0 Å². The SMILES string of the molecule is F[Si](F)(Cl)O[Si](F)(F)Cl. The monoisotopic (exact) mass is 218 g/mol. The molecule has 0 aromatic heterocycles. The van der Waals surface area contributed by atoms with Crippen LogP contribution in [0.25, 0.3) is 0 Å². The van der Waals surface area contributed by atoms with Crippen LogP contribution in [0.2, 0.25) is 0 Å². The largest absolute Gasteiger partial charge is 0.685 e. The molecular weight excluding hydrogens is 219 g/mol. The van der Waals surface area contributed by atoms with E-state index in [2.05, 4.69) is 26.3 Å². The first-order valence-electron chi connectivity index (χ1n) is 1.54. The van der Waals surface area contributed by atoms with Crippen LogP contribution >= 0.6 is 22.2 Å². The summed E-state index contributed by atoms with van der Waals surface area (Å²) in [5.41, 5.74) is 0. The van der Waals surface area contributed by atoms with Gasteiger partial charge in [-0.2, -0.15) is 0 Å². The van der Waals surface area contributed by atoms with Crippen LogP contribution in [-0.4, -0.2) is 16.6 Å². The number of halogens is 6. The van der Waals surface area contributed by atoms with Gasteiger partial charge in [0.15, 0.2) is 0 Å². The van der Waals surface area contributed by atoms with E-state index >= 15 is 0 Å². The maximum absolute atomic E-state index is 11.4. The molecule has 0 radical (unpaired) electrons. The van der Waals surface area contributed by atoms with E-state index < -0.39 is 16.6 Å². The fourth-order valence-corrected chi connectivity index (χ4v) is 3.28. The smallest absolute Gasteiger partial charge is 0.335 e. The van der Waals surface area contributed by atoms with Crippen LogP contribution in [0.1, 0.15) is 0 Å². The first-order valence-corrected chi connectivity index (χ1v) is 6.89. The van der Waals surface area contributed by atoms with Crippen LogP contribution in [0.15, 0.2) is 0 Å². The van der Waals surface area contributed by atoms with Crippen LogP contribution < -0.4 is 0 Å². The lowest BCUT2D eigenvalue weighted by Crippen LogP contribution is -2.32. The molecule has 0 unspecified atom stereocenters. The second kappa shape index (κ2) is 2.74. The Hall–Kier alpha value is 0.694. The van der Waals surface area contributed by atoms with Gasteiger partial charge in [-0.05, 0) is 0 Å². The van der Waals surface area contributed by atoms with Crippen molar-refractivity contribution in [3.05, 3.63) is 0 Å². The number of hydrogen-bond acceptors (Lipinski definition) is 1. The summed E-state index contributed by atoms with van der Waals surface area (Å²) in [6, 6.07) is 0. The topological polar surface area (TPSA) is 9.23 Å². The van der Waals surface area contributed by atoms with Crippen LogP contribution in [0.4, 0.5) is 16.4 Å². The fourth-order valence-electron chi connectivity index (χ4n) is 0.131. The molecule has 0 saturated heterocycles. The molecule has 9 heavy (non-hydrogen) atoms. The first kappa shape index (κ1) is 9.69. The summed E-state index contributed by atoms with van der Waals surface area (Å²) in [4.78, 5) is 0. The molecule has 0 aromatic carbocycles. The van der Waals surface area contributed by atoms with Gasteiger partial charge in [0.05, 0.1) is 0 Å². The van der Waals surface area contributed by atoms with Crippen LogP contribution in [0.3, 0.4) is 0 Å². The normalized spacial score (nSPS) is 14.0. The Morgan fingerprint density at radius 1 is 0.889 bits per heavy atom. The Kier molecular flexibility index (Phi) is 2.96. The highest BCUT2D eigenvalue weighted by Gasteiger charge is 2.51. The predicted octanol–water partition coefficient (Wildman–Crippen LogP) is 2.23. The Morgan fingerprint density at radius 2 is 1.11 bits per heavy atom. The van der Waals surface area contributed by atoms with E-state index in [-0.39, 0.29) is 0 Å². The molecule has 0 aliphatic rings. The summed E-state index contributed by atoms with van der Waals surface area (Å²) in [5.74, 6) is 0. The summed E-state index contributed by atoms with van der Waals surface area (Å²) in [6.45, 7) is 0. The van der Waals surface area contributed by atoms with Gasteiger partial charge in [-0.3, -0.25) is 0 Å². The highest BCUT2D eigenvalue weighted by atomic mass is 35.6. The lowest BCUT2D eigenvalue weighted by atomic mass is 15.8. The minimum absolute atomic E-state index is 2.77. The second-order valence-corrected chi connectivity index (χ2v) is 6.23. The van der Waals surface area contributed by atoms with Gasteiger partial charge in [-0.25, -0.2) is 16.4 Å². The summed E-state index contributed by atoms with van der Waals surface area (Å²) in [6.07, 6.45) is 0. The van der Waals surface area contributed by atoms with Crippen LogP contribution in [-0.2, 0) is 4.12 Å². The summed E-state index contributed by atoms with van der Waals surface area (Å²) < 4.78 is 48.2. The molecule has 0 atom stereocenters. The van der Waals surface area contributed by atoms with Crippen molar-refractivity contribution in [1.82, 2.24) is 0 Å². The predicted molar refractivity (Wildman–Crippen MR) is 28.7 cm³/mol. The molecule has 0 aliphatic heterocycles. The van der Waals surface area contributed by atoms with Gasteiger partial charge in [-0.15, -0.1) is 0 Å². The maximum atomic E-state index is 11.4. The fraction of sp³-hybridized carbons (Fsp3) is 0. The molecule has 1 nitrogen and oxygen atoms in total. The average molecular weight is 219 g/mol. The van der Waals surface area contributed by atoms with Crippen molar-refractivity contribution in [3.8, 4) is 0 Å². The Morgan fingerprint density at radius 3 is 1.11 bits per heavy atom. The second-order valence-electron chi connectivity index (χ2n) is 0.994. The van der Waals surface area contributed by atoms with Crippen molar-refractivity contribution >= 4 is 38.7 Å². The molecule has 0 aliphatic carbocycles. The van der Waals surface area contributed by atoms with Crippen molar-refractivity contribution < 1.29 is 20.5 Å². The zero-order valence-corrected chi connectivity index (χ0v) is 7.19. The highest BCUT2D eigenvalue weighted by molar-refractivity contribution is 7.17. The van der Waals surface area contributed by atoms with E-state index in [1.807, 2.05) is 0 Å². The zero-order chi connectivity index (χ0) is 7.71. The van der Waals surface area contributed by atoms with E-state index in [0.717, 1.165) is 0 Å². The van der Waals surface area contributed by atoms with E-state index in [9.17, 15) is 16.4 Å². The molecule has 0 heterocycles. The summed E-state index contributed by atoms with van der Waals surface area (Å²) >= 11 is 8.14. The molecule has 0 spiro atoms. The van der Waals surface area contributed by atoms with Gasteiger partial charge >= 0.3 is 16.6 Å². The van der Waals surface area contributed by atoms with Crippen LogP contribution in [0.5, 0.6) is 0 Å². The van der Waals surface area contributed by atoms with Crippen molar-refractivity contribution in [2.24, 2.45) is 0 Å². The standard InChI is InChI=1S/Cl2F4OSi2/c1-8(3,4)7-9(2,5)6. The van der Waals surface area contributed by atoms with Crippen molar-refractivity contribution in [1.29, 1.82) is 0 Å². The zero-order valence-electron chi connectivity index (χ0n) is 3.68.